The molecule has 0 saturated heterocycles. The second-order valence-electron chi connectivity index (χ2n) is 4.37. The number of ether oxygens (including phenoxy) is 2. The number of carbonyl (C=O) groups is 1. The molecule has 0 bridgehead atoms. The molecule has 4 N–H and O–H groups in total. The summed E-state index contributed by atoms with van der Waals surface area (Å²) in [5.74, 6) is 0.650. The number of imidazole rings is 1. The van der Waals surface area contributed by atoms with Crippen LogP contribution in [0.15, 0.2) is 24.7 Å². The number of aromatic nitrogens is 2. The van der Waals surface area contributed by atoms with Crippen molar-refractivity contribution in [2.75, 3.05) is 26.5 Å². The van der Waals surface area contributed by atoms with E-state index in [1.54, 1.807) is 24.7 Å². The molecule has 1 aromatic carbocycles. The maximum absolute atomic E-state index is 12.2. The number of rotatable bonds is 6. The highest BCUT2D eigenvalue weighted by Crippen LogP contribution is 2.30. The summed E-state index contributed by atoms with van der Waals surface area (Å²) < 4.78 is 10.3. The van der Waals surface area contributed by atoms with Crippen LogP contribution in [0.4, 0.5) is 5.69 Å². The SMILES string of the molecule is COc1cc(OC)c(N)c(C(=O)NCCc2cnc[nH]2)c1. The van der Waals surface area contributed by atoms with Gasteiger partial charge < -0.3 is 25.5 Å². The van der Waals surface area contributed by atoms with E-state index in [9.17, 15) is 4.79 Å². The van der Waals surface area contributed by atoms with Gasteiger partial charge in [-0.25, -0.2) is 4.98 Å². The number of H-pyrrole nitrogens is 1. The number of anilines is 1. The van der Waals surface area contributed by atoms with Gasteiger partial charge in [-0.05, 0) is 6.07 Å². The average Bonchev–Trinajstić information content (AvgIpc) is 3.00. The van der Waals surface area contributed by atoms with Gasteiger partial charge in [0.05, 0.1) is 31.8 Å². The third-order valence-corrected chi connectivity index (χ3v) is 3.05. The van der Waals surface area contributed by atoms with E-state index in [4.69, 9.17) is 15.2 Å². The molecule has 1 heterocycles. The van der Waals surface area contributed by atoms with E-state index in [1.165, 1.54) is 14.2 Å². The molecule has 0 saturated carbocycles. The Kier molecular flexibility index (Phi) is 4.65. The third-order valence-electron chi connectivity index (χ3n) is 3.05. The molecule has 21 heavy (non-hydrogen) atoms. The molecule has 0 aliphatic carbocycles. The quantitative estimate of drug-likeness (QED) is 0.688. The van der Waals surface area contributed by atoms with E-state index in [-0.39, 0.29) is 11.6 Å². The maximum Gasteiger partial charge on any atom is 0.253 e. The molecule has 0 fully saturated rings. The molecular weight excluding hydrogens is 272 g/mol. The van der Waals surface area contributed by atoms with Crippen LogP contribution < -0.4 is 20.5 Å². The lowest BCUT2D eigenvalue weighted by Gasteiger charge is -2.12. The molecule has 0 atom stereocenters. The Labute approximate surface area is 122 Å². The van der Waals surface area contributed by atoms with Gasteiger partial charge in [0.2, 0.25) is 0 Å². The van der Waals surface area contributed by atoms with Crippen molar-refractivity contribution in [2.45, 2.75) is 6.42 Å². The molecule has 0 spiro atoms. The molecule has 2 rings (SSSR count). The number of nitrogen functional groups attached to an aromatic ring is 1. The highest BCUT2D eigenvalue weighted by Gasteiger charge is 2.15. The average molecular weight is 290 g/mol. The van der Waals surface area contributed by atoms with E-state index in [2.05, 4.69) is 15.3 Å². The van der Waals surface area contributed by atoms with Crippen LogP contribution in [-0.2, 0) is 6.42 Å². The minimum atomic E-state index is -0.274. The number of carbonyl (C=O) groups excluding carboxylic acids is 1. The van der Waals surface area contributed by atoms with E-state index in [0.717, 1.165) is 5.69 Å². The summed E-state index contributed by atoms with van der Waals surface area (Å²) in [6, 6.07) is 3.22. The number of nitrogens with zero attached hydrogens (tertiary/aromatic N) is 1. The maximum atomic E-state index is 12.2. The topological polar surface area (TPSA) is 102 Å². The largest absolute Gasteiger partial charge is 0.497 e. The van der Waals surface area contributed by atoms with Crippen molar-refractivity contribution in [1.82, 2.24) is 15.3 Å². The fourth-order valence-corrected chi connectivity index (χ4v) is 1.90. The number of benzene rings is 1. The summed E-state index contributed by atoms with van der Waals surface area (Å²) >= 11 is 0. The van der Waals surface area contributed by atoms with Crippen molar-refractivity contribution in [2.24, 2.45) is 0 Å². The number of hydrogen-bond acceptors (Lipinski definition) is 5. The zero-order valence-corrected chi connectivity index (χ0v) is 12.0. The monoisotopic (exact) mass is 290 g/mol. The Morgan fingerprint density at radius 2 is 2.19 bits per heavy atom. The first-order valence-electron chi connectivity index (χ1n) is 6.42. The van der Waals surface area contributed by atoms with Gasteiger partial charge in [0, 0.05) is 30.9 Å². The lowest BCUT2D eigenvalue weighted by atomic mass is 10.1. The summed E-state index contributed by atoms with van der Waals surface area (Å²) in [5.41, 5.74) is 7.50. The number of nitrogens with two attached hydrogens (primary N) is 1. The molecule has 2 aromatic rings. The Hall–Kier alpha value is -2.70. The summed E-state index contributed by atoms with van der Waals surface area (Å²) in [5, 5.41) is 2.80. The van der Waals surface area contributed by atoms with Gasteiger partial charge in [0.1, 0.15) is 11.5 Å². The molecule has 0 aliphatic heterocycles. The van der Waals surface area contributed by atoms with E-state index >= 15 is 0 Å². The molecular formula is C14H18N4O3. The predicted molar refractivity (Wildman–Crippen MR) is 78.6 cm³/mol. The molecule has 7 heteroatoms. The molecule has 1 aromatic heterocycles. The molecule has 0 aliphatic rings. The summed E-state index contributed by atoms with van der Waals surface area (Å²) in [7, 11) is 3.01. The van der Waals surface area contributed by atoms with E-state index < -0.39 is 0 Å². The normalized spacial score (nSPS) is 10.2. The van der Waals surface area contributed by atoms with Gasteiger partial charge in [0.25, 0.3) is 5.91 Å². The van der Waals surface area contributed by atoms with Gasteiger partial charge in [-0.1, -0.05) is 0 Å². The first-order valence-corrected chi connectivity index (χ1v) is 6.42. The lowest BCUT2D eigenvalue weighted by molar-refractivity contribution is 0.0954. The highest BCUT2D eigenvalue weighted by molar-refractivity contribution is 6.00. The zero-order valence-electron chi connectivity index (χ0n) is 12.0. The summed E-state index contributed by atoms with van der Waals surface area (Å²) in [4.78, 5) is 19.1. The molecule has 0 radical (unpaired) electrons. The van der Waals surface area contributed by atoms with Crippen LogP contribution in [0.25, 0.3) is 0 Å². The van der Waals surface area contributed by atoms with Gasteiger partial charge >= 0.3 is 0 Å². The first kappa shape index (κ1) is 14.7. The Bertz CT molecular complexity index is 611. The van der Waals surface area contributed by atoms with Crippen LogP contribution in [0.2, 0.25) is 0 Å². The van der Waals surface area contributed by atoms with Crippen molar-refractivity contribution >= 4 is 11.6 Å². The first-order chi connectivity index (χ1) is 10.2. The van der Waals surface area contributed by atoms with Gasteiger partial charge in [-0.2, -0.15) is 0 Å². The minimum Gasteiger partial charge on any atom is -0.497 e. The van der Waals surface area contributed by atoms with Crippen molar-refractivity contribution in [3.63, 3.8) is 0 Å². The third kappa shape index (κ3) is 3.44. The van der Waals surface area contributed by atoms with Crippen molar-refractivity contribution in [3.8, 4) is 11.5 Å². The number of hydrogen-bond donors (Lipinski definition) is 3. The van der Waals surface area contributed by atoms with Crippen molar-refractivity contribution in [3.05, 3.63) is 35.9 Å². The number of methoxy groups -OCH3 is 2. The van der Waals surface area contributed by atoms with Gasteiger partial charge in [-0.15, -0.1) is 0 Å². The number of amides is 1. The molecule has 1 amide bonds. The van der Waals surface area contributed by atoms with E-state index in [1.807, 2.05) is 0 Å². The van der Waals surface area contributed by atoms with Crippen LogP contribution in [0.1, 0.15) is 16.1 Å². The summed E-state index contributed by atoms with van der Waals surface area (Å²) in [6.45, 7) is 0.472. The van der Waals surface area contributed by atoms with Crippen molar-refractivity contribution in [1.29, 1.82) is 0 Å². The Balaban J connectivity index is 2.07. The van der Waals surface area contributed by atoms with Crippen LogP contribution in [0, 0.1) is 0 Å². The molecule has 0 unspecified atom stereocenters. The number of nitrogens with one attached hydrogen (secondary N) is 2. The Morgan fingerprint density at radius 3 is 2.81 bits per heavy atom. The van der Waals surface area contributed by atoms with E-state index in [0.29, 0.717) is 30.0 Å². The van der Waals surface area contributed by atoms with Gasteiger partial charge in [-0.3, -0.25) is 4.79 Å². The summed E-state index contributed by atoms with van der Waals surface area (Å²) in [6.07, 6.45) is 3.98. The molecule has 112 valence electrons. The van der Waals surface area contributed by atoms with Crippen LogP contribution >= 0.6 is 0 Å². The molecule has 7 nitrogen and oxygen atoms in total. The van der Waals surface area contributed by atoms with Crippen LogP contribution in [0.5, 0.6) is 11.5 Å². The fraction of sp³-hybridized carbons (Fsp3) is 0.286. The van der Waals surface area contributed by atoms with Gasteiger partial charge in [0.15, 0.2) is 0 Å². The van der Waals surface area contributed by atoms with Crippen molar-refractivity contribution < 1.29 is 14.3 Å². The zero-order chi connectivity index (χ0) is 15.2. The standard InChI is InChI=1S/C14H18N4O3/c1-20-10-5-11(13(15)12(6-10)21-2)14(19)17-4-3-9-7-16-8-18-9/h5-8H,3-4,15H2,1-2H3,(H,16,18)(H,17,19). The lowest BCUT2D eigenvalue weighted by Crippen LogP contribution is -2.26. The predicted octanol–water partition coefficient (Wildman–Crippen LogP) is 0.982. The number of aromatic amines is 1. The minimum absolute atomic E-state index is 0.274. The van der Waals surface area contributed by atoms with Crippen LogP contribution in [0.3, 0.4) is 0 Å². The second kappa shape index (κ2) is 6.65. The van der Waals surface area contributed by atoms with Crippen LogP contribution in [-0.4, -0.2) is 36.6 Å². The Morgan fingerprint density at radius 1 is 1.38 bits per heavy atom. The smallest absolute Gasteiger partial charge is 0.253 e. The fourth-order valence-electron chi connectivity index (χ4n) is 1.90. The second-order valence-corrected chi connectivity index (χ2v) is 4.37. The highest BCUT2D eigenvalue weighted by atomic mass is 16.5.